The smallest absolute Gasteiger partial charge is 0.319 e. The fraction of sp³-hybridized carbons (Fsp3) is 0.150. The third-order valence-electron chi connectivity index (χ3n) is 3.81. The van der Waals surface area contributed by atoms with Crippen molar-refractivity contribution in [1.82, 2.24) is 9.88 Å². The third kappa shape index (κ3) is 4.26. The van der Waals surface area contributed by atoms with E-state index < -0.39 is 0 Å². The van der Waals surface area contributed by atoms with Crippen LogP contribution < -0.4 is 10.6 Å². The number of amides is 2. The molecule has 0 aliphatic heterocycles. The van der Waals surface area contributed by atoms with Gasteiger partial charge in [0.25, 0.3) is 0 Å². The molecule has 2 amide bonds. The Kier molecular flexibility index (Phi) is 4.96. The number of nitrogens with zero attached hydrogens (tertiary/aromatic N) is 1. The molecule has 3 rings (SSSR count). The maximum Gasteiger partial charge on any atom is 0.319 e. The molecule has 0 unspecified atom stereocenters. The van der Waals surface area contributed by atoms with Crippen molar-refractivity contribution in [3.8, 4) is 5.69 Å². The summed E-state index contributed by atoms with van der Waals surface area (Å²) in [6.07, 6.45) is 4.79. The first kappa shape index (κ1) is 15.9. The Hall–Kier alpha value is -3.01. The van der Waals surface area contributed by atoms with Gasteiger partial charge in [-0.3, -0.25) is 0 Å². The normalized spacial score (nSPS) is 10.4. The molecule has 4 heteroatoms. The van der Waals surface area contributed by atoms with Crippen LogP contribution in [-0.4, -0.2) is 17.1 Å². The van der Waals surface area contributed by atoms with Crippen molar-refractivity contribution in [3.63, 3.8) is 0 Å². The molecule has 0 bridgehead atoms. The zero-order valence-corrected chi connectivity index (χ0v) is 13.7. The van der Waals surface area contributed by atoms with Crippen LogP contribution in [0.15, 0.2) is 73.1 Å². The molecular formula is C20H21N3O. The number of benzene rings is 2. The topological polar surface area (TPSA) is 46.1 Å². The number of aromatic nitrogens is 1. The van der Waals surface area contributed by atoms with Crippen LogP contribution in [0.5, 0.6) is 0 Å². The Balaban J connectivity index is 1.48. The number of hydrogen-bond donors (Lipinski definition) is 2. The first-order valence-corrected chi connectivity index (χ1v) is 8.04. The number of urea groups is 1. The van der Waals surface area contributed by atoms with Crippen molar-refractivity contribution in [1.29, 1.82) is 0 Å². The fourth-order valence-electron chi connectivity index (χ4n) is 2.59. The molecule has 0 fully saturated rings. The molecular weight excluding hydrogens is 298 g/mol. The fourth-order valence-corrected chi connectivity index (χ4v) is 2.59. The molecule has 2 N–H and O–H groups in total. The van der Waals surface area contributed by atoms with Crippen LogP contribution in [0.25, 0.3) is 5.69 Å². The van der Waals surface area contributed by atoms with Gasteiger partial charge >= 0.3 is 6.03 Å². The summed E-state index contributed by atoms with van der Waals surface area (Å²) in [6.45, 7) is 2.68. The number of rotatable bonds is 5. The Labute approximate surface area is 142 Å². The Morgan fingerprint density at radius 2 is 1.75 bits per heavy atom. The zero-order chi connectivity index (χ0) is 16.8. The minimum absolute atomic E-state index is 0.184. The van der Waals surface area contributed by atoms with Crippen LogP contribution in [0, 0.1) is 6.92 Å². The number of carbonyl (C=O) groups excluding carboxylic acids is 1. The van der Waals surface area contributed by atoms with E-state index in [2.05, 4.69) is 35.8 Å². The molecule has 0 aliphatic carbocycles. The summed E-state index contributed by atoms with van der Waals surface area (Å²) >= 11 is 0. The van der Waals surface area contributed by atoms with Crippen molar-refractivity contribution < 1.29 is 4.79 Å². The maximum atomic E-state index is 12.0. The summed E-state index contributed by atoms with van der Waals surface area (Å²) in [4.78, 5) is 12.0. The van der Waals surface area contributed by atoms with Gasteiger partial charge in [0.15, 0.2) is 0 Å². The van der Waals surface area contributed by atoms with E-state index >= 15 is 0 Å². The summed E-state index contributed by atoms with van der Waals surface area (Å²) < 4.78 is 2.02. The number of carbonyl (C=O) groups is 1. The molecule has 1 aromatic heterocycles. The van der Waals surface area contributed by atoms with Crippen molar-refractivity contribution in [2.45, 2.75) is 13.3 Å². The zero-order valence-electron chi connectivity index (χ0n) is 13.7. The lowest BCUT2D eigenvalue weighted by molar-refractivity contribution is 0.252. The van der Waals surface area contributed by atoms with Gasteiger partial charge in [0.05, 0.1) is 0 Å². The van der Waals surface area contributed by atoms with Crippen molar-refractivity contribution in [3.05, 3.63) is 84.2 Å². The van der Waals surface area contributed by atoms with Crippen LogP contribution in [0.1, 0.15) is 11.1 Å². The van der Waals surface area contributed by atoms with E-state index in [1.54, 1.807) is 0 Å². The van der Waals surface area contributed by atoms with Crippen molar-refractivity contribution >= 4 is 11.7 Å². The highest BCUT2D eigenvalue weighted by atomic mass is 16.2. The maximum absolute atomic E-state index is 12.0. The quantitative estimate of drug-likeness (QED) is 0.729. The van der Waals surface area contributed by atoms with E-state index in [-0.39, 0.29) is 6.03 Å². The van der Waals surface area contributed by atoms with E-state index in [9.17, 15) is 4.79 Å². The summed E-state index contributed by atoms with van der Waals surface area (Å²) in [6, 6.07) is 19.8. The second-order valence-electron chi connectivity index (χ2n) is 5.76. The second kappa shape index (κ2) is 7.51. The molecule has 0 spiro atoms. The lowest BCUT2D eigenvalue weighted by Gasteiger charge is -2.09. The minimum atomic E-state index is -0.184. The Bertz CT molecular complexity index is 792. The first-order valence-electron chi connectivity index (χ1n) is 8.04. The molecule has 4 nitrogen and oxygen atoms in total. The van der Waals surface area contributed by atoms with Crippen LogP contribution in [0.2, 0.25) is 0 Å². The van der Waals surface area contributed by atoms with Gasteiger partial charge in [-0.05, 0) is 55.3 Å². The highest BCUT2D eigenvalue weighted by Crippen LogP contribution is 2.13. The molecule has 2 aromatic carbocycles. The predicted molar refractivity (Wildman–Crippen MR) is 97.7 cm³/mol. The lowest BCUT2D eigenvalue weighted by atomic mass is 10.1. The van der Waals surface area contributed by atoms with Crippen LogP contribution in [0.3, 0.4) is 0 Å². The molecule has 1 heterocycles. The molecule has 24 heavy (non-hydrogen) atoms. The van der Waals surface area contributed by atoms with Crippen LogP contribution >= 0.6 is 0 Å². The minimum Gasteiger partial charge on any atom is -0.338 e. The Morgan fingerprint density at radius 3 is 2.46 bits per heavy atom. The monoisotopic (exact) mass is 319 g/mol. The first-order chi connectivity index (χ1) is 11.7. The van der Waals surface area contributed by atoms with Gasteiger partial charge in [-0.2, -0.15) is 0 Å². The van der Waals surface area contributed by atoms with Gasteiger partial charge in [-0.1, -0.05) is 29.8 Å². The van der Waals surface area contributed by atoms with E-state index in [1.807, 2.05) is 59.4 Å². The summed E-state index contributed by atoms with van der Waals surface area (Å²) in [7, 11) is 0. The number of anilines is 1. The summed E-state index contributed by atoms with van der Waals surface area (Å²) in [5.41, 5.74) is 4.30. The SMILES string of the molecule is Cc1cccc(CCNC(=O)Nc2ccc(-n3cccc3)cc2)c1. The summed E-state index contributed by atoms with van der Waals surface area (Å²) in [5.74, 6) is 0. The van der Waals surface area contributed by atoms with Crippen molar-refractivity contribution in [2.75, 3.05) is 11.9 Å². The molecule has 0 saturated heterocycles. The van der Waals surface area contributed by atoms with E-state index in [0.717, 1.165) is 17.8 Å². The molecule has 0 saturated carbocycles. The Morgan fingerprint density at radius 1 is 1.00 bits per heavy atom. The molecule has 122 valence electrons. The van der Waals surface area contributed by atoms with Gasteiger partial charge < -0.3 is 15.2 Å². The molecule has 0 atom stereocenters. The molecule has 0 radical (unpaired) electrons. The van der Waals surface area contributed by atoms with Gasteiger partial charge in [0.2, 0.25) is 0 Å². The molecule has 3 aromatic rings. The predicted octanol–water partition coefficient (Wildman–Crippen LogP) is 4.15. The van der Waals surface area contributed by atoms with Gasteiger partial charge in [0, 0.05) is 30.3 Å². The highest BCUT2D eigenvalue weighted by molar-refractivity contribution is 5.89. The van der Waals surface area contributed by atoms with Crippen LogP contribution in [-0.2, 0) is 6.42 Å². The van der Waals surface area contributed by atoms with E-state index in [0.29, 0.717) is 6.54 Å². The van der Waals surface area contributed by atoms with Gasteiger partial charge in [0.1, 0.15) is 0 Å². The van der Waals surface area contributed by atoms with Gasteiger partial charge in [-0.15, -0.1) is 0 Å². The van der Waals surface area contributed by atoms with Crippen LogP contribution in [0.4, 0.5) is 10.5 Å². The average Bonchev–Trinajstić information content (AvgIpc) is 3.10. The van der Waals surface area contributed by atoms with E-state index in [1.165, 1.54) is 11.1 Å². The van der Waals surface area contributed by atoms with E-state index in [4.69, 9.17) is 0 Å². The third-order valence-corrected chi connectivity index (χ3v) is 3.81. The van der Waals surface area contributed by atoms with Gasteiger partial charge in [-0.25, -0.2) is 4.79 Å². The lowest BCUT2D eigenvalue weighted by Crippen LogP contribution is -2.30. The second-order valence-corrected chi connectivity index (χ2v) is 5.76. The molecule has 0 aliphatic rings. The summed E-state index contributed by atoms with van der Waals surface area (Å²) in [5, 5.41) is 5.74. The highest BCUT2D eigenvalue weighted by Gasteiger charge is 2.02. The van der Waals surface area contributed by atoms with Crippen molar-refractivity contribution in [2.24, 2.45) is 0 Å². The largest absolute Gasteiger partial charge is 0.338 e. The number of nitrogens with one attached hydrogen (secondary N) is 2. The number of aryl methyl sites for hydroxylation is 1. The standard InChI is InChI=1S/C20H21N3O/c1-16-5-4-6-17(15-16)11-12-21-20(24)22-18-7-9-19(10-8-18)23-13-2-3-14-23/h2-10,13-15H,11-12H2,1H3,(H2,21,22,24). The number of hydrogen-bond acceptors (Lipinski definition) is 1. The average molecular weight is 319 g/mol.